The number of hydrogen-bond acceptors (Lipinski definition) is 4. The second-order valence-corrected chi connectivity index (χ2v) is 7.15. The molecule has 2 N–H and O–H groups in total. The molecule has 1 saturated carbocycles. The van der Waals surface area contributed by atoms with E-state index >= 15 is 0 Å². The van der Waals surface area contributed by atoms with Crippen molar-refractivity contribution in [3.8, 4) is 6.07 Å². The summed E-state index contributed by atoms with van der Waals surface area (Å²) in [4.78, 5) is 17.5. The van der Waals surface area contributed by atoms with Gasteiger partial charge in [-0.25, -0.2) is 4.79 Å². The quantitative estimate of drug-likeness (QED) is 0.876. The normalized spacial score (nSPS) is 30.7. The van der Waals surface area contributed by atoms with Crippen LogP contribution in [0.5, 0.6) is 0 Å². The molecule has 0 spiro atoms. The van der Waals surface area contributed by atoms with Crippen molar-refractivity contribution in [3.05, 3.63) is 29.0 Å². The van der Waals surface area contributed by atoms with Crippen molar-refractivity contribution in [2.75, 3.05) is 13.1 Å². The number of nitrogens with one attached hydrogen (secondary N) is 1. The highest BCUT2D eigenvalue weighted by Gasteiger charge is 2.41. The standard InChI is InChI=1S/C17H21ClN4O2/c18-12-1-2-15(20-9-12)17(11-19)6-3-14(4-7-17)22-8-5-13(10-22)21-16(23)24/h1-2,9,13-14,21H,3-8,10H2,(H,23,24)/t13-,14?,17?/m0/s1. The number of amides is 1. The molecule has 0 aromatic carbocycles. The van der Waals surface area contributed by atoms with Gasteiger partial charge in [-0.1, -0.05) is 11.6 Å². The third-order valence-electron chi connectivity index (χ3n) is 5.30. The molecular weight excluding hydrogens is 328 g/mol. The van der Waals surface area contributed by atoms with Crippen LogP contribution in [0.15, 0.2) is 18.3 Å². The molecule has 1 saturated heterocycles. The van der Waals surface area contributed by atoms with Crippen molar-refractivity contribution < 1.29 is 9.90 Å². The maximum atomic E-state index is 10.8. The van der Waals surface area contributed by atoms with Gasteiger partial charge in [0, 0.05) is 31.4 Å². The predicted molar refractivity (Wildman–Crippen MR) is 89.9 cm³/mol. The number of halogens is 1. The second-order valence-electron chi connectivity index (χ2n) is 6.72. The highest BCUT2D eigenvalue weighted by atomic mass is 35.5. The molecular formula is C17H21ClN4O2. The molecule has 3 rings (SSSR count). The molecule has 2 fully saturated rings. The average Bonchev–Trinajstić information content (AvgIpc) is 3.03. The van der Waals surface area contributed by atoms with Gasteiger partial charge in [0.15, 0.2) is 0 Å². The van der Waals surface area contributed by atoms with Gasteiger partial charge in [-0.15, -0.1) is 0 Å². The molecule has 6 nitrogen and oxygen atoms in total. The van der Waals surface area contributed by atoms with E-state index in [2.05, 4.69) is 21.3 Å². The molecule has 24 heavy (non-hydrogen) atoms. The maximum Gasteiger partial charge on any atom is 0.404 e. The Morgan fingerprint density at radius 3 is 2.75 bits per heavy atom. The Morgan fingerprint density at radius 2 is 2.17 bits per heavy atom. The smallest absolute Gasteiger partial charge is 0.404 e. The lowest BCUT2D eigenvalue weighted by Gasteiger charge is -2.38. The van der Waals surface area contributed by atoms with Crippen LogP contribution < -0.4 is 5.32 Å². The van der Waals surface area contributed by atoms with Gasteiger partial charge in [-0.05, 0) is 44.2 Å². The Kier molecular flexibility index (Phi) is 4.93. The molecule has 1 aromatic heterocycles. The number of aromatic nitrogens is 1. The number of nitrogens with zero attached hydrogens (tertiary/aromatic N) is 3. The summed E-state index contributed by atoms with van der Waals surface area (Å²) in [6.07, 6.45) is 4.90. The summed E-state index contributed by atoms with van der Waals surface area (Å²) in [6, 6.07) is 6.56. The number of pyridine rings is 1. The molecule has 1 aromatic rings. The third kappa shape index (κ3) is 3.47. The number of hydrogen-bond donors (Lipinski definition) is 2. The molecule has 1 amide bonds. The monoisotopic (exact) mass is 348 g/mol. The minimum absolute atomic E-state index is 0.0167. The zero-order valence-electron chi connectivity index (χ0n) is 13.4. The number of carbonyl (C=O) groups is 1. The third-order valence-corrected chi connectivity index (χ3v) is 5.53. The molecule has 1 aliphatic heterocycles. The van der Waals surface area contributed by atoms with Crippen LogP contribution in [0.2, 0.25) is 5.02 Å². The molecule has 0 radical (unpaired) electrons. The van der Waals surface area contributed by atoms with Gasteiger partial charge in [0.2, 0.25) is 0 Å². The van der Waals surface area contributed by atoms with Crippen LogP contribution in [-0.2, 0) is 5.41 Å². The number of rotatable bonds is 3. The van der Waals surface area contributed by atoms with Gasteiger partial charge >= 0.3 is 6.09 Å². The van der Waals surface area contributed by atoms with Crippen molar-refractivity contribution >= 4 is 17.7 Å². The van der Waals surface area contributed by atoms with E-state index in [0.717, 1.165) is 50.9 Å². The molecule has 0 bridgehead atoms. The summed E-state index contributed by atoms with van der Waals surface area (Å²) in [5, 5.41) is 21.7. The van der Waals surface area contributed by atoms with Crippen LogP contribution in [0.4, 0.5) is 4.79 Å². The van der Waals surface area contributed by atoms with Crippen molar-refractivity contribution in [2.24, 2.45) is 0 Å². The first-order chi connectivity index (χ1) is 11.5. The predicted octanol–water partition coefficient (Wildman–Crippen LogP) is 2.78. The largest absolute Gasteiger partial charge is 0.465 e. The summed E-state index contributed by atoms with van der Waals surface area (Å²) >= 11 is 5.90. The Balaban J connectivity index is 1.62. The van der Waals surface area contributed by atoms with Gasteiger partial charge in [-0.3, -0.25) is 9.88 Å². The summed E-state index contributed by atoms with van der Waals surface area (Å²) in [6.45, 7) is 1.67. The van der Waals surface area contributed by atoms with Gasteiger partial charge in [0.25, 0.3) is 0 Å². The van der Waals surface area contributed by atoms with E-state index in [-0.39, 0.29) is 6.04 Å². The fraction of sp³-hybridized carbons (Fsp3) is 0.588. The zero-order valence-corrected chi connectivity index (χ0v) is 14.2. The molecule has 2 heterocycles. The van der Waals surface area contributed by atoms with Crippen LogP contribution in [0.1, 0.15) is 37.8 Å². The van der Waals surface area contributed by atoms with E-state index in [1.54, 1.807) is 12.3 Å². The lowest BCUT2D eigenvalue weighted by atomic mass is 9.71. The van der Waals surface area contributed by atoms with Crippen molar-refractivity contribution in [3.63, 3.8) is 0 Å². The molecule has 2 aliphatic rings. The van der Waals surface area contributed by atoms with E-state index in [1.807, 2.05) is 6.07 Å². The lowest BCUT2D eigenvalue weighted by Crippen LogP contribution is -2.43. The Labute approximate surface area is 146 Å². The minimum Gasteiger partial charge on any atom is -0.465 e. The molecule has 0 unspecified atom stereocenters. The SMILES string of the molecule is N#CC1(c2ccc(Cl)cn2)CCC(N2CC[C@H](NC(=O)O)C2)CC1. The van der Waals surface area contributed by atoms with Gasteiger partial charge in [-0.2, -0.15) is 5.26 Å². The Morgan fingerprint density at radius 1 is 1.42 bits per heavy atom. The summed E-state index contributed by atoms with van der Waals surface area (Å²) in [5.41, 5.74) is 0.277. The first-order valence-corrected chi connectivity index (χ1v) is 8.67. The molecule has 1 atom stereocenters. The van der Waals surface area contributed by atoms with Gasteiger partial charge in [0.05, 0.1) is 22.2 Å². The van der Waals surface area contributed by atoms with Crippen LogP contribution in [0.3, 0.4) is 0 Å². The van der Waals surface area contributed by atoms with Crippen LogP contribution in [-0.4, -0.2) is 46.3 Å². The minimum atomic E-state index is -0.956. The highest BCUT2D eigenvalue weighted by Crippen LogP contribution is 2.40. The van der Waals surface area contributed by atoms with Gasteiger partial charge in [0.1, 0.15) is 0 Å². The molecule has 1 aliphatic carbocycles. The Hall–Kier alpha value is -1.84. The van der Waals surface area contributed by atoms with Crippen molar-refractivity contribution in [2.45, 2.75) is 49.6 Å². The summed E-state index contributed by atoms with van der Waals surface area (Å²) in [7, 11) is 0. The zero-order chi connectivity index (χ0) is 17.2. The van der Waals surface area contributed by atoms with Crippen LogP contribution in [0, 0.1) is 11.3 Å². The molecule has 128 valence electrons. The lowest BCUT2D eigenvalue weighted by molar-refractivity contribution is 0.158. The van der Waals surface area contributed by atoms with E-state index in [1.165, 1.54) is 0 Å². The fourth-order valence-corrected chi connectivity index (χ4v) is 4.07. The van der Waals surface area contributed by atoms with E-state index < -0.39 is 11.5 Å². The van der Waals surface area contributed by atoms with Gasteiger partial charge < -0.3 is 10.4 Å². The van der Waals surface area contributed by atoms with E-state index in [0.29, 0.717) is 11.1 Å². The average molecular weight is 349 g/mol. The summed E-state index contributed by atoms with van der Waals surface area (Å²) < 4.78 is 0. The van der Waals surface area contributed by atoms with E-state index in [9.17, 15) is 10.1 Å². The van der Waals surface area contributed by atoms with E-state index in [4.69, 9.17) is 16.7 Å². The molecule has 7 heteroatoms. The first kappa shape index (κ1) is 17.0. The fourth-order valence-electron chi connectivity index (χ4n) is 3.96. The van der Waals surface area contributed by atoms with Crippen molar-refractivity contribution in [1.82, 2.24) is 15.2 Å². The number of likely N-dealkylation sites (tertiary alicyclic amines) is 1. The first-order valence-electron chi connectivity index (χ1n) is 8.29. The highest BCUT2D eigenvalue weighted by molar-refractivity contribution is 6.30. The Bertz CT molecular complexity index is 635. The number of carboxylic acid groups (broad SMARTS) is 1. The second kappa shape index (κ2) is 6.96. The number of nitriles is 1. The maximum absolute atomic E-state index is 10.8. The van der Waals surface area contributed by atoms with Crippen molar-refractivity contribution in [1.29, 1.82) is 5.26 Å². The topological polar surface area (TPSA) is 89.3 Å². The van der Waals surface area contributed by atoms with Crippen LogP contribution >= 0.6 is 11.6 Å². The summed E-state index contributed by atoms with van der Waals surface area (Å²) in [5.74, 6) is 0. The van der Waals surface area contributed by atoms with Crippen LogP contribution in [0.25, 0.3) is 0 Å².